The Kier molecular flexibility index (Phi) is 6.42. The van der Waals surface area contributed by atoms with Crippen LogP contribution in [-0.4, -0.2) is 29.3 Å². The number of carbonyl (C=O) groups is 1. The summed E-state index contributed by atoms with van der Waals surface area (Å²) in [6, 6.07) is 1.75. The molecule has 0 fully saturated rings. The Labute approximate surface area is 129 Å². The van der Waals surface area contributed by atoms with Crippen LogP contribution in [0.15, 0.2) is 12.1 Å². The van der Waals surface area contributed by atoms with Crippen LogP contribution in [0.5, 0.6) is 5.75 Å². The van der Waals surface area contributed by atoms with Gasteiger partial charge in [-0.25, -0.2) is 9.18 Å². The van der Waals surface area contributed by atoms with Crippen molar-refractivity contribution in [1.82, 2.24) is 0 Å². The monoisotopic (exact) mass is 326 g/mol. The van der Waals surface area contributed by atoms with Crippen LogP contribution in [0.3, 0.4) is 0 Å². The number of nitro benzene ring substituents is 2. The maximum Gasteiger partial charge on any atom is 0.515 e. The second-order valence-electron chi connectivity index (χ2n) is 3.95. The lowest BCUT2D eigenvalue weighted by atomic mass is 10.1. The standard InChI is InChI=1S/C13H11FN2O7/c1-2-9-7-10(15(18)19)8-11(16(20)21)12(9)23-13(17)22-6-4-3-5-14/h7-8H,2,5-6H2,1H3. The summed E-state index contributed by atoms with van der Waals surface area (Å²) in [5.74, 6) is 3.74. The van der Waals surface area contributed by atoms with E-state index in [4.69, 9.17) is 4.74 Å². The zero-order valence-electron chi connectivity index (χ0n) is 11.9. The van der Waals surface area contributed by atoms with Crippen LogP contribution in [0.25, 0.3) is 0 Å². The van der Waals surface area contributed by atoms with E-state index >= 15 is 0 Å². The molecule has 0 heterocycles. The first-order valence-electron chi connectivity index (χ1n) is 6.22. The third kappa shape index (κ3) is 4.92. The average Bonchev–Trinajstić information content (AvgIpc) is 2.51. The molecule has 1 aromatic rings. The molecule has 0 saturated carbocycles. The first kappa shape index (κ1) is 17.8. The van der Waals surface area contributed by atoms with Gasteiger partial charge in [-0.15, -0.1) is 0 Å². The average molecular weight is 326 g/mol. The summed E-state index contributed by atoms with van der Waals surface area (Å²) < 4.78 is 21.0. The van der Waals surface area contributed by atoms with Crippen molar-refractivity contribution < 1.29 is 28.5 Å². The third-order valence-corrected chi connectivity index (χ3v) is 2.56. The van der Waals surface area contributed by atoms with Gasteiger partial charge >= 0.3 is 11.8 Å². The molecule has 10 heteroatoms. The Morgan fingerprint density at radius 3 is 2.48 bits per heavy atom. The Morgan fingerprint density at radius 1 is 1.26 bits per heavy atom. The van der Waals surface area contributed by atoms with E-state index in [1.54, 1.807) is 6.92 Å². The van der Waals surface area contributed by atoms with Gasteiger partial charge in [-0.3, -0.25) is 20.2 Å². The van der Waals surface area contributed by atoms with Gasteiger partial charge in [-0.1, -0.05) is 18.8 Å². The molecule has 0 aliphatic carbocycles. The number of ether oxygens (including phenoxy) is 2. The van der Waals surface area contributed by atoms with E-state index in [1.165, 1.54) is 0 Å². The van der Waals surface area contributed by atoms with E-state index in [-0.39, 0.29) is 12.0 Å². The molecule has 0 aliphatic heterocycles. The fourth-order valence-electron chi connectivity index (χ4n) is 1.58. The summed E-state index contributed by atoms with van der Waals surface area (Å²) in [5, 5.41) is 21.8. The topological polar surface area (TPSA) is 122 Å². The number of non-ortho nitro benzene ring substituents is 1. The predicted octanol–water partition coefficient (Wildman–Crippen LogP) is 2.55. The minimum absolute atomic E-state index is 0.0951. The van der Waals surface area contributed by atoms with Crippen molar-refractivity contribution in [2.45, 2.75) is 13.3 Å². The number of hydrogen-bond donors (Lipinski definition) is 0. The number of nitro groups is 2. The van der Waals surface area contributed by atoms with Crippen molar-refractivity contribution in [3.05, 3.63) is 37.9 Å². The lowest BCUT2D eigenvalue weighted by Gasteiger charge is -2.08. The fraction of sp³-hybridized carbons (Fsp3) is 0.308. The lowest BCUT2D eigenvalue weighted by molar-refractivity contribution is -0.394. The Bertz CT molecular complexity index is 694. The van der Waals surface area contributed by atoms with Crippen LogP contribution in [0.4, 0.5) is 20.6 Å². The van der Waals surface area contributed by atoms with E-state index in [0.29, 0.717) is 6.07 Å². The number of halogens is 1. The maximum absolute atomic E-state index is 11.7. The van der Waals surface area contributed by atoms with Gasteiger partial charge in [0.05, 0.1) is 15.9 Å². The summed E-state index contributed by atoms with van der Waals surface area (Å²) in [7, 11) is 0. The Hall–Kier alpha value is -3.22. The Morgan fingerprint density at radius 2 is 1.96 bits per heavy atom. The van der Waals surface area contributed by atoms with Crippen molar-refractivity contribution in [2.24, 2.45) is 0 Å². The number of nitrogens with zero attached hydrogens (tertiary/aromatic N) is 2. The smallest absolute Gasteiger partial charge is 0.421 e. The molecule has 0 unspecified atom stereocenters. The summed E-state index contributed by atoms with van der Waals surface area (Å²) in [4.78, 5) is 31.6. The zero-order chi connectivity index (χ0) is 17.4. The van der Waals surface area contributed by atoms with E-state index in [1.807, 2.05) is 5.92 Å². The van der Waals surface area contributed by atoms with E-state index in [0.717, 1.165) is 6.07 Å². The molecule has 0 atom stereocenters. The van der Waals surface area contributed by atoms with Gasteiger partial charge in [0.1, 0.15) is 6.67 Å². The minimum Gasteiger partial charge on any atom is -0.421 e. The molecule has 9 nitrogen and oxygen atoms in total. The molecule has 0 radical (unpaired) electrons. The van der Waals surface area contributed by atoms with Crippen molar-refractivity contribution in [1.29, 1.82) is 0 Å². The molecule has 122 valence electrons. The van der Waals surface area contributed by atoms with Gasteiger partial charge in [0.25, 0.3) is 5.69 Å². The lowest BCUT2D eigenvalue weighted by Crippen LogP contribution is -2.13. The molecule has 1 rings (SSSR count). The number of benzene rings is 1. The first-order valence-corrected chi connectivity index (χ1v) is 6.22. The van der Waals surface area contributed by atoms with Crippen LogP contribution in [-0.2, 0) is 11.2 Å². The van der Waals surface area contributed by atoms with Crippen molar-refractivity contribution in [3.63, 3.8) is 0 Å². The van der Waals surface area contributed by atoms with Gasteiger partial charge < -0.3 is 9.47 Å². The van der Waals surface area contributed by atoms with Crippen molar-refractivity contribution >= 4 is 17.5 Å². The van der Waals surface area contributed by atoms with Crippen LogP contribution in [0.1, 0.15) is 12.5 Å². The second kappa shape index (κ2) is 8.28. The molecule has 23 heavy (non-hydrogen) atoms. The molecule has 1 aromatic carbocycles. The fourth-order valence-corrected chi connectivity index (χ4v) is 1.58. The number of alkyl halides is 1. The van der Waals surface area contributed by atoms with Crippen LogP contribution in [0.2, 0.25) is 0 Å². The van der Waals surface area contributed by atoms with E-state index < -0.39 is 46.4 Å². The molecular formula is C13H11FN2O7. The van der Waals surface area contributed by atoms with Gasteiger partial charge in [0, 0.05) is 11.6 Å². The van der Waals surface area contributed by atoms with Crippen molar-refractivity contribution in [3.8, 4) is 17.6 Å². The predicted molar refractivity (Wildman–Crippen MR) is 74.9 cm³/mol. The highest BCUT2D eigenvalue weighted by Crippen LogP contribution is 2.36. The highest BCUT2D eigenvalue weighted by Gasteiger charge is 2.27. The number of aryl methyl sites for hydroxylation is 1. The highest BCUT2D eigenvalue weighted by atomic mass is 19.1. The summed E-state index contributed by atoms with van der Waals surface area (Å²) >= 11 is 0. The van der Waals surface area contributed by atoms with Gasteiger partial charge in [-0.2, -0.15) is 0 Å². The molecule has 0 bridgehead atoms. The maximum atomic E-state index is 11.7. The quantitative estimate of drug-likeness (QED) is 0.268. The van der Waals surface area contributed by atoms with Gasteiger partial charge in [-0.05, 0) is 6.42 Å². The van der Waals surface area contributed by atoms with Crippen LogP contribution >= 0.6 is 0 Å². The summed E-state index contributed by atoms with van der Waals surface area (Å²) in [6.07, 6.45) is -1.14. The summed E-state index contributed by atoms with van der Waals surface area (Å²) in [5.41, 5.74) is -1.14. The van der Waals surface area contributed by atoms with E-state index in [9.17, 15) is 29.4 Å². The largest absolute Gasteiger partial charge is 0.515 e. The first-order chi connectivity index (χ1) is 10.9. The molecular weight excluding hydrogens is 315 g/mol. The highest BCUT2D eigenvalue weighted by molar-refractivity contribution is 5.69. The second-order valence-corrected chi connectivity index (χ2v) is 3.95. The molecule has 0 aliphatic rings. The molecule has 0 spiro atoms. The molecule has 0 saturated heterocycles. The molecule has 0 amide bonds. The SMILES string of the molecule is CCc1cc([N+](=O)[O-])cc([N+](=O)[O-])c1OC(=O)OCC#CCF. The number of hydrogen-bond acceptors (Lipinski definition) is 7. The van der Waals surface area contributed by atoms with E-state index in [2.05, 4.69) is 10.7 Å². The third-order valence-electron chi connectivity index (χ3n) is 2.56. The van der Waals surface area contributed by atoms with Crippen LogP contribution < -0.4 is 4.74 Å². The number of carbonyl (C=O) groups excluding carboxylic acids is 1. The zero-order valence-corrected chi connectivity index (χ0v) is 11.9. The summed E-state index contributed by atoms with van der Waals surface area (Å²) in [6.45, 7) is 0.213. The molecule has 0 N–H and O–H groups in total. The number of rotatable bonds is 5. The normalized spacial score (nSPS) is 9.48. The Balaban J connectivity index is 3.10. The molecule has 0 aromatic heterocycles. The van der Waals surface area contributed by atoms with Gasteiger partial charge in [0.2, 0.25) is 5.75 Å². The van der Waals surface area contributed by atoms with Crippen molar-refractivity contribution in [2.75, 3.05) is 13.3 Å². The van der Waals surface area contributed by atoms with Gasteiger partial charge in [0.15, 0.2) is 6.61 Å². The minimum atomic E-state index is -1.29. The van der Waals surface area contributed by atoms with Crippen LogP contribution in [0, 0.1) is 32.1 Å².